The summed E-state index contributed by atoms with van der Waals surface area (Å²) in [5, 5.41) is 4.61. The number of nitrogens with one attached hydrogen (secondary N) is 1. The van der Waals surface area contributed by atoms with Crippen molar-refractivity contribution >= 4 is 29.0 Å². The molecule has 0 radical (unpaired) electrons. The van der Waals surface area contributed by atoms with Gasteiger partial charge in [-0.25, -0.2) is 0 Å². The van der Waals surface area contributed by atoms with E-state index in [0.29, 0.717) is 4.88 Å². The minimum absolute atomic E-state index is 0.0297. The molecule has 1 N–H and O–H groups in total. The van der Waals surface area contributed by atoms with Crippen molar-refractivity contribution in [2.75, 3.05) is 6.61 Å². The second-order valence-corrected chi connectivity index (χ2v) is 6.89. The van der Waals surface area contributed by atoms with Gasteiger partial charge in [0.2, 0.25) is 0 Å². The van der Waals surface area contributed by atoms with E-state index in [0.717, 1.165) is 12.0 Å². The predicted molar refractivity (Wildman–Crippen MR) is 101 cm³/mol. The average Bonchev–Trinajstić information content (AvgIpc) is 3.19. The quantitative estimate of drug-likeness (QED) is 0.537. The standard InChI is InChI=1S/C20H23NO4S/c1-3-15-6-8-16(9-7-15)14(2)21-19(23)13-25-20(24)11-10-17(22)18-5-4-12-26-18/h4-9,12,14H,3,10-11,13H2,1-2H3,(H,21,23)/t14-/m0/s1. The van der Waals surface area contributed by atoms with Crippen LogP contribution >= 0.6 is 11.3 Å². The van der Waals surface area contributed by atoms with Gasteiger partial charge in [-0.1, -0.05) is 37.3 Å². The first-order valence-corrected chi connectivity index (χ1v) is 9.48. The normalized spacial score (nSPS) is 11.6. The van der Waals surface area contributed by atoms with Crippen LogP contribution in [0.15, 0.2) is 41.8 Å². The van der Waals surface area contributed by atoms with Gasteiger partial charge < -0.3 is 10.1 Å². The smallest absolute Gasteiger partial charge is 0.306 e. The van der Waals surface area contributed by atoms with Crippen molar-refractivity contribution in [1.29, 1.82) is 0 Å². The molecule has 0 aliphatic rings. The highest BCUT2D eigenvalue weighted by molar-refractivity contribution is 7.12. The molecule has 0 saturated carbocycles. The summed E-state index contributed by atoms with van der Waals surface area (Å²) < 4.78 is 4.95. The maximum atomic E-state index is 11.9. The highest BCUT2D eigenvalue weighted by atomic mass is 32.1. The molecule has 1 amide bonds. The van der Waals surface area contributed by atoms with Crippen LogP contribution in [0.4, 0.5) is 0 Å². The van der Waals surface area contributed by atoms with Crippen molar-refractivity contribution in [3.05, 3.63) is 57.8 Å². The van der Waals surface area contributed by atoms with Crippen LogP contribution in [0.5, 0.6) is 0 Å². The van der Waals surface area contributed by atoms with Crippen molar-refractivity contribution in [3.63, 3.8) is 0 Å². The molecule has 1 atom stereocenters. The van der Waals surface area contributed by atoms with Gasteiger partial charge >= 0.3 is 5.97 Å². The van der Waals surface area contributed by atoms with Crippen LogP contribution < -0.4 is 5.32 Å². The average molecular weight is 373 g/mol. The number of carbonyl (C=O) groups is 3. The van der Waals surface area contributed by atoms with Gasteiger partial charge in [-0.05, 0) is 35.9 Å². The summed E-state index contributed by atoms with van der Waals surface area (Å²) in [7, 11) is 0. The lowest BCUT2D eigenvalue weighted by molar-refractivity contribution is -0.148. The van der Waals surface area contributed by atoms with Crippen molar-refractivity contribution in [2.45, 2.75) is 39.2 Å². The largest absolute Gasteiger partial charge is 0.456 e. The molecule has 1 heterocycles. The second-order valence-electron chi connectivity index (χ2n) is 5.95. The van der Waals surface area contributed by atoms with Crippen LogP contribution in [0, 0.1) is 0 Å². The molecule has 5 nitrogen and oxygen atoms in total. The zero-order valence-corrected chi connectivity index (χ0v) is 15.8. The van der Waals surface area contributed by atoms with Crippen molar-refractivity contribution < 1.29 is 19.1 Å². The summed E-state index contributed by atoms with van der Waals surface area (Å²) in [6.07, 6.45) is 1.02. The number of Topliss-reactive ketones (excluding diaryl/α,β-unsaturated/α-hetero) is 1. The van der Waals surface area contributed by atoms with E-state index in [1.807, 2.05) is 36.6 Å². The van der Waals surface area contributed by atoms with Gasteiger partial charge in [0.1, 0.15) is 0 Å². The summed E-state index contributed by atoms with van der Waals surface area (Å²) in [4.78, 5) is 36.1. The van der Waals surface area contributed by atoms with E-state index in [4.69, 9.17) is 4.74 Å². The van der Waals surface area contributed by atoms with Gasteiger partial charge in [0, 0.05) is 6.42 Å². The number of carbonyl (C=O) groups excluding carboxylic acids is 3. The maximum absolute atomic E-state index is 11.9. The Kier molecular flexibility index (Phi) is 7.53. The Hall–Kier alpha value is -2.47. The first-order valence-electron chi connectivity index (χ1n) is 8.60. The minimum atomic E-state index is -0.551. The zero-order chi connectivity index (χ0) is 18.9. The Bertz CT molecular complexity index is 738. The topological polar surface area (TPSA) is 72.5 Å². The Labute approximate surface area is 157 Å². The van der Waals surface area contributed by atoms with Crippen LogP contribution in [0.2, 0.25) is 0 Å². The van der Waals surface area contributed by atoms with Gasteiger partial charge in [0.25, 0.3) is 5.91 Å². The fraction of sp³-hybridized carbons (Fsp3) is 0.350. The molecule has 2 rings (SSSR count). The van der Waals surface area contributed by atoms with E-state index in [2.05, 4.69) is 12.2 Å². The zero-order valence-electron chi connectivity index (χ0n) is 15.0. The van der Waals surface area contributed by atoms with Crippen molar-refractivity contribution in [2.24, 2.45) is 0 Å². The molecule has 0 saturated heterocycles. The van der Waals surface area contributed by atoms with Gasteiger partial charge in [-0.15, -0.1) is 11.3 Å². The number of ether oxygens (including phenoxy) is 1. The number of thiophene rings is 1. The molecule has 1 aromatic carbocycles. The summed E-state index contributed by atoms with van der Waals surface area (Å²) in [6.45, 7) is 3.62. The van der Waals surface area contributed by atoms with Crippen LogP contribution in [0.1, 0.15) is 53.5 Å². The Balaban J connectivity index is 1.70. The van der Waals surface area contributed by atoms with E-state index < -0.39 is 5.97 Å². The van der Waals surface area contributed by atoms with E-state index in [1.165, 1.54) is 16.9 Å². The maximum Gasteiger partial charge on any atom is 0.306 e. The van der Waals surface area contributed by atoms with E-state index in [1.54, 1.807) is 12.1 Å². The lowest BCUT2D eigenvalue weighted by Gasteiger charge is -2.15. The molecule has 0 spiro atoms. The lowest BCUT2D eigenvalue weighted by Crippen LogP contribution is -2.31. The lowest BCUT2D eigenvalue weighted by atomic mass is 10.1. The number of aryl methyl sites for hydroxylation is 1. The Morgan fingerprint density at radius 1 is 1.12 bits per heavy atom. The first kappa shape index (κ1) is 19.8. The monoisotopic (exact) mass is 373 g/mol. The summed E-state index contributed by atoms with van der Waals surface area (Å²) in [5.41, 5.74) is 2.22. The number of rotatable bonds is 9. The minimum Gasteiger partial charge on any atom is -0.456 e. The second kappa shape index (κ2) is 9.87. The van der Waals surface area contributed by atoms with Crippen LogP contribution in [0.3, 0.4) is 0 Å². The summed E-state index contributed by atoms with van der Waals surface area (Å²) >= 11 is 1.34. The van der Waals surface area contributed by atoms with Crippen molar-refractivity contribution in [1.82, 2.24) is 5.32 Å². The van der Waals surface area contributed by atoms with Crippen LogP contribution in [0.25, 0.3) is 0 Å². The highest BCUT2D eigenvalue weighted by Gasteiger charge is 2.14. The number of ketones is 1. The van der Waals surface area contributed by atoms with Gasteiger partial charge in [0.15, 0.2) is 12.4 Å². The van der Waals surface area contributed by atoms with E-state index >= 15 is 0 Å². The predicted octanol–water partition coefficient (Wildman–Crippen LogP) is 3.69. The molecular formula is C20H23NO4S. The molecule has 26 heavy (non-hydrogen) atoms. The third kappa shape index (κ3) is 6.11. The fourth-order valence-electron chi connectivity index (χ4n) is 2.40. The van der Waals surface area contributed by atoms with Gasteiger partial charge in [-0.2, -0.15) is 0 Å². The van der Waals surface area contributed by atoms with Crippen LogP contribution in [-0.4, -0.2) is 24.3 Å². The van der Waals surface area contributed by atoms with Gasteiger partial charge in [-0.3, -0.25) is 14.4 Å². The third-order valence-corrected chi connectivity index (χ3v) is 4.89. The summed E-state index contributed by atoms with van der Waals surface area (Å²) in [6, 6.07) is 11.4. The molecule has 0 fully saturated rings. The SMILES string of the molecule is CCc1ccc([C@H](C)NC(=O)COC(=O)CCC(=O)c2cccs2)cc1. The number of hydrogen-bond donors (Lipinski definition) is 1. The van der Waals surface area contributed by atoms with Gasteiger partial charge in [0.05, 0.1) is 17.3 Å². The molecule has 0 aliphatic carbocycles. The molecule has 138 valence electrons. The number of hydrogen-bond acceptors (Lipinski definition) is 5. The van der Waals surface area contributed by atoms with Crippen LogP contribution in [-0.2, 0) is 20.7 Å². The molecule has 1 aromatic heterocycles. The fourth-order valence-corrected chi connectivity index (χ4v) is 3.10. The number of benzene rings is 1. The molecule has 0 aliphatic heterocycles. The van der Waals surface area contributed by atoms with Crippen molar-refractivity contribution in [3.8, 4) is 0 Å². The highest BCUT2D eigenvalue weighted by Crippen LogP contribution is 2.14. The number of amides is 1. The Morgan fingerprint density at radius 2 is 1.85 bits per heavy atom. The van der Waals surface area contributed by atoms with E-state index in [9.17, 15) is 14.4 Å². The van der Waals surface area contributed by atoms with E-state index in [-0.39, 0.29) is 37.2 Å². The first-order chi connectivity index (χ1) is 12.5. The third-order valence-electron chi connectivity index (χ3n) is 3.98. The molecule has 2 aromatic rings. The summed E-state index contributed by atoms with van der Waals surface area (Å²) in [5.74, 6) is -1.01. The number of esters is 1. The molecular weight excluding hydrogens is 350 g/mol. The molecule has 0 bridgehead atoms. The molecule has 0 unspecified atom stereocenters. The molecule has 6 heteroatoms. The Morgan fingerprint density at radius 3 is 2.46 bits per heavy atom.